The van der Waals surface area contributed by atoms with Gasteiger partial charge in [-0.15, -0.1) is 0 Å². The second-order valence-electron chi connectivity index (χ2n) is 8.90. The van der Waals surface area contributed by atoms with E-state index in [0.717, 1.165) is 4.90 Å². The van der Waals surface area contributed by atoms with Crippen LogP contribution in [0.5, 0.6) is 0 Å². The van der Waals surface area contributed by atoms with Crippen LogP contribution in [0.3, 0.4) is 0 Å². The Labute approximate surface area is 211 Å². The van der Waals surface area contributed by atoms with Gasteiger partial charge < -0.3 is 21.1 Å². The van der Waals surface area contributed by atoms with Crippen molar-refractivity contribution in [3.05, 3.63) is 65.0 Å². The van der Waals surface area contributed by atoms with Crippen LogP contribution in [0.25, 0.3) is 0 Å². The van der Waals surface area contributed by atoms with Crippen LogP contribution in [0.4, 0.5) is 19.7 Å². The number of aryl methyl sites for hydroxylation is 1. The largest absolute Gasteiger partial charge is 0.427 e. The number of ether oxygens (including phenoxy) is 1. The maximum atomic E-state index is 13.4. The van der Waals surface area contributed by atoms with Gasteiger partial charge in [-0.25, -0.2) is 18.9 Å². The molecule has 0 bridgehead atoms. The zero-order chi connectivity index (χ0) is 26.9. The molecule has 0 unspecified atom stereocenters. The number of urea groups is 1. The first-order valence-corrected chi connectivity index (χ1v) is 11.6. The molecule has 11 nitrogen and oxygen atoms in total. The highest BCUT2D eigenvalue weighted by molar-refractivity contribution is 6.08. The van der Waals surface area contributed by atoms with Crippen LogP contribution in [0.2, 0.25) is 0 Å². The smallest absolute Gasteiger partial charge is 0.418 e. The summed E-state index contributed by atoms with van der Waals surface area (Å²) in [5.41, 5.74) is 6.27. The zero-order valence-corrected chi connectivity index (χ0v) is 20.2. The highest BCUT2D eigenvalue weighted by Crippen LogP contribution is 2.46. The number of nitrogens with zero attached hydrogens (tertiary/aromatic N) is 2. The molecule has 37 heavy (non-hydrogen) atoms. The fourth-order valence-corrected chi connectivity index (χ4v) is 4.45. The number of carbonyl (C=O) groups excluding carboxylic acids is 5. The number of benzene rings is 2. The van der Waals surface area contributed by atoms with E-state index in [1.165, 1.54) is 38.2 Å². The van der Waals surface area contributed by atoms with E-state index >= 15 is 0 Å². The second kappa shape index (κ2) is 9.97. The molecular weight excluding hydrogens is 485 g/mol. The van der Waals surface area contributed by atoms with Crippen LogP contribution < -0.4 is 16.4 Å². The molecule has 2 aromatic carbocycles. The summed E-state index contributed by atoms with van der Waals surface area (Å²) in [7, 11) is 1.48. The van der Waals surface area contributed by atoms with Gasteiger partial charge in [-0.1, -0.05) is 18.2 Å². The molecule has 1 fully saturated rings. The predicted octanol–water partition coefficient (Wildman–Crippen LogP) is 1.60. The first-order valence-electron chi connectivity index (χ1n) is 11.6. The molecular formula is C25H26FN5O6. The van der Waals surface area contributed by atoms with E-state index in [0.29, 0.717) is 33.7 Å². The Morgan fingerprint density at radius 2 is 1.89 bits per heavy atom. The van der Waals surface area contributed by atoms with Gasteiger partial charge >= 0.3 is 12.1 Å². The second-order valence-corrected chi connectivity index (χ2v) is 8.90. The van der Waals surface area contributed by atoms with Crippen molar-refractivity contribution in [2.45, 2.75) is 38.0 Å². The van der Waals surface area contributed by atoms with Gasteiger partial charge in [-0.05, 0) is 48.7 Å². The average Bonchev–Trinajstić information content (AvgIpc) is 3.34. The number of carbonyl (C=O) groups is 5. The van der Waals surface area contributed by atoms with Crippen LogP contribution in [0.15, 0.2) is 42.5 Å². The summed E-state index contributed by atoms with van der Waals surface area (Å²) >= 11 is 0. The number of anilines is 1. The van der Waals surface area contributed by atoms with E-state index in [4.69, 9.17) is 10.5 Å². The van der Waals surface area contributed by atoms with Crippen molar-refractivity contribution in [3.63, 3.8) is 0 Å². The lowest BCUT2D eigenvalue weighted by Gasteiger charge is -2.25. The van der Waals surface area contributed by atoms with Gasteiger partial charge in [0.15, 0.2) is 0 Å². The van der Waals surface area contributed by atoms with Crippen LogP contribution in [-0.4, -0.2) is 59.3 Å². The van der Waals surface area contributed by atoms with Gasteiger partial charge in [-0.3, -0.25) is 19.3 Å². The summed E-state index contributed by atoms with van der Waals surface area (Å²) in [6.45, 7) is 0.455. The van der Waals surface area contributed by atoms with Crippen molar-refractivity contribution in [3.8, 4) is 0 Å². The number of halogens is 1. The average molecular weight is 512 g/mol. The number of rotatable bonds is 6. The lowest BCUT2D eigenvalue weighted by molar-refractivity contribution is -0.149. The van der Waals surface area contributed by atoms with Crippen molar-refractivity contribution in [2.75, 3.05) is 18.9 Å². The van der Waals surface area contributed by atoms with Gasteiger partial charge in [0.05, 0.1) is 12.6 Å². The Hall–Kier alpha value is -4.32. The first kappa shape index (κ1) is 25.8. The van der Waals surface area contributed by atoms with E-state index in [9.17, 15) is 28.4 Å². The van der Waals surface area contributed by atoms with E-state index in [1.807, 2.05) is 0 Å². The Morgan fingerprint density at radius 3 is 2.54 bits per heavy atom. The van der Waals surface area contributed by atoms with E-state index in [-0.39, 0.29) is 13.0 Å². The predicted molar refractivity (Wildman–Crippen MR) is 128 cm³/mol. The molecule has 2 aliphatic rings. The lowest BCUT2D eigenvalue weighted by Crippen LogP contribution is -2.50. The number of fused-ring (bicyclic) bond motifs is 2. The third-order valence-corrected chi connectivity index (χ3v) is 6.35. The molecule has 2 atom stereocenters. The molecule has 6 amide bonds. The third kappa shape index (κ3) is 4.87. The monoisotopic (exact) mass is 511 g/mol. The number of amides is 6. The number of nitrogens with two attached hydrogens (primary N) is 1. The highest BCUT2D eigenvalue weighted by atomic mass is 19.1. The Morgan fingerprint density at radius 1 is 1.19 bits per heavy atom. The summed E-state index contributed by atoms with van der Waals surface area (Å²) in [6, 6.07) is 8.64. The fourth-order valence-electron chi connectivity index (χ4n) is 4.45. The minimum absolute atomic E-state index is 0.166. The Kier molecular flexibility index (Phi) is 6.94. The number of hydrogen-bond donors (Lipinski definition) is 3. The number of imide groups is 2. The van der Waals surface area contributed by atoms with Crippen molar-refractivity contribution in [1.29, 1.82) is 0 Å². The van der Waals surface area contributed by atoms with Gasteiger partial charge in [0.2, 0.25) is 17.4 Å². The summed E-state index contributed by atoms with van der Waals surface area (Å²) in [6.07, 6.45) is -0.438. The summed E-state index contributed by atoms with van der Waals surface area (Å²) < 4.78 is 18.8. The topological polar surface area (TPSA) is 151 Å². The summed E-state index contributed by atoms with van der Waals surface area (Å²) in [5, 5.41) is 5.09. The van der Waals surface area contributed by atoms with Gasteiger partial charge in [0, 0.05) is 24.7 Å². The molecule has 12 heteroatoms. The Balaban J connectivity index is 1.55. The van der Waals surface area contributed by atoms with Crippen molar-refractivity contribution >= 4 is 35.5 Å². The molecule has 1 aliphatic carbocycles. The third-order valence-electron chi connectivity index (χ3n) is 6.35. The van der Waals surface area contributed by atoms with Crippen LogP contribution in [0, 0.1) is 5.82 Å². The molecule has 0 aromatic heterocycles. The molecule has 4 N–H and O–H groups in total. The SMILES string of the molecule is CNC(=O)Nc1ccc2c(c1)CC[C@@]21OC(=O)N(CC(=O)N(Cc2ccc(F)cc2)C(=O)[C@H](C)N)C1=O. The molecule has 4 rings (SSSR count). The minimum Gasteiger partial charge on any atom is -0.427 e. The molecule has 0 saturated carbocycles. The molecule has 1 saturated heterocycles. The Bertz CT molecular complexity index is 1280. The maximum absolute atomic E-state index is 13.4. The molecule has 1 heterocycles. The number of hydrogen-bond acceptors (Lipinski definition) is 7. The van der Waals surface area contributed by atoms with E-state index in [1.54, 1.807) is 18.2 Å². The van der Waals surface area contributed by atoms with Crippen LogP contribution >= 0.6 is 0 Å². The quantitative estimate of drug-likeness (QED) is 0.533. The summed E-state index contributed by atoms with van der Waals surface area (Å²) in [5.74, 6) is -2.75. The van der Waals surface area contributed by atoms with E-state index < -0.39 is 53.9 Å². The molecule has 2 aromatic rings. The standard InChI is InChI=1S/C25H26FN5O6/c1-14(27)21(33)30(12-15-3-5-17(26)6-4-15)20(32)13-31-22(34)25(37-24(31)36)10-9-16-11-18(7-8-19(16)25)29-23(35)28-2/h3-8,11,14H,9-10,12-13,27H2,1-2H3,(H2,28,29,35)/t14-,25+/m0/s1. The maximum Gasteiger partial charge on any atom is 0.418 e. The zero-order valence-electron chi connectivity index (χ0n) is 20.2. The number of nitrogens with one attached hydrogen (secondary N) is 2. The summed E-state index contributed by atoms with van der Waals surface area (Å²) in [4.78, 5) is 65.2. The lowest BCUT2D eigenvalue weighted by atomic mass is 9.94. The highest BCUT2D eigenvalue weighted by Gasteiger charge is 2.58. The van der Waals surface area contributed by atoms with Gasteiger partial charge in [0.25, 0.3) is 5.91 Å². The molecule has 1 aliphatic heterocycles. The van der Waals surface area contributed by atoms with Gasteiger partial charge in [-0.2, -0.15) is 0 Å². The van der Waals surface area contributed by atoms with Crippen molar-refractivity contribution in [2.24, 2.45) is 5.73 Å². The minimum atomic E-state index is -1.59. The fraction of sp³-hybridized carbons (Fsp3) is 0.320. The van der Waals surface area contributed by atoms with E-state index in [2.05, 4.69) is 10.6 Å². The van der Waals surface area contributed by atoms with Crippen LogP contribution in [0.1, 0.15) is 30.0 Å². The van der Waals surface area contributed by atoms with Crippen molar-refractivity contribution in [1.82, 2.24) is 15.1 Å². The molecule has 0 radical (unpaired) electrons. The van der Waals surface area contributed by atoms with Gasteiger partial charge in [0.1, 0.15) is 12.4 Å². The first-order chi connectivity index (χ1) is 17.6. The van der Waals surface area contributed by atoms with Crippen molar-refractivity contribution < 1.29 is 33.1 Å². The molecule has 1 spiro atoms. The molecule has 194 valence electrons. The van der Waals surface area contributed by atoms with Crippen LogP contribution in [-0.2, 0) is 37.7 Å². The normalized spacial score (nSPS) is 18.9.